The van der Waals surface area contributed by atoms with Gasteiger partial charge in [-0.25, -0.2) is 0 Å². The van der Waals surface area contributed by atoms with Gasteiger partial charge in [-0.2, -0.15) is 0 Å². The molecule has 0 fully saturated rings. The molecule has 1 amide bonds. The lowest BCUT2D eigenvalue weighted by molar-refractivity contribution is -0.125. The van der Waals surface area contributed by atoms with Gasteiger partial charge in [0.05, 0.1) is 17.6 Å². The van der Waals surface area contributed by atoms with E-state index in [1.165, 1.54) is 7.11 Å². The van der Waals surface area contributed by atoms with Crippen LogP contribution < -0.4 is 14.8 Å². The number of ether oxygens (including phenoxy) is 3. The first-order valence-electron chi connectivity index (χ1n) is 5.81. The molecule has 1 atom stereocenters. The average Bonchev–Trinajstić information content (AvgIpc) is 2.38. The molecule has 0 saturated heterocycles. The number of halogens is 1. The van der Waals surface area contributed by atoms with Gasteiger partial charge in [-0.3, -0.25) is 4.79 Å². The quantitative estimate of drug-likeness (QED) is 0.830. The van der Waals surface area contributed by atoms with E-state index in [0.29, 0.717) is 18.1 Å². The molecular weight excluding hydrogens is 314 g/mol. The first-order chi connectivity index (χ1) is 9.06. The first-order valence-corrected chi connectivity index (χ1v) is 6.60. The summed E-state index contributed by atoms with van der Waals surface area (Å²) in [5, 5.41) is 2.76. The van der Waals surface area contributed by atoms with Crippen LogP contribution in [0.3, 0.4) is 0 Å². The lowest BCUT2D eigenvalue weighted by Crippen LogP contribution is -2.38. The van der Waals surface area contributed by atoms with Gasteiger partial charge in [0.1, 0.15) is 24.7 Å². The third kappa shape index (κ3) is 5.48. The van der Waals surface area contributed by atoms with Crippen molar-refractivity contribution in [2.75, 3.05) is 27.4 Å². The van der Waals surface area contributed by atoms with Crippen LogP contribution in [0.4, 0.5) is 0 Å². The fourth-order valence-corrected chi connectivity index (χ4v) is 1.79. The van der Waals surface area contributed by atoms with Crippen molar-refractivity contribution in [3.63, 3.8) is 0 Å². The number of amides is 1. The van der Waals surface area contributed by atoms with Crippen molar-refractivity contribution in [2.45, 2.75) is 13.0 Å². The lowest BCUT2D eigenvalue weighted by Gasteiger charge is -2.16. The zero-order valence-electron chi connectivity index (χ0n) is 11.2. The summed E-state index contributed by atoms with van der Waals surface area (Å²) >= 11 is 3.40. The Balaban J connectivity index is 2.49. The molecule has 0 radical (unpaired) electrons. The number of carbonyl (C=O) groups is 1. The summed E-state index contributed by atoms with van der Waals surface area (Å²) in [6, 6.07) is 5.36. The highest BCUT2D eigenvalue weighted by Crippen LogP contribution is 2.29. The van der Waals surface area contributed by atoms with Crippen molar-refractivity contribution in [2.24, 2.45) is 0 Å². The molecule has 106 valence electrons. The van der Waals surface area contributed by atoms with Gasteiger partial charge in [-0.1, -0.05) is 0 Å². The molecule has 1 rings (SSSR count). The molecule has 0 aliphatic carbocycles. The zero-order valence-corrected chi connectivity index (χ0v) is 12.8. The summed E-state index contributed by atoms with van der Waals surface area (Å²) in [5.41, 5.74) is 0. The normalized spacial score (nSPS) is 11.8. The van der Waals surface area contributed by atoms with Crippen LogP contribution in [0.2, 0.25) is 0 Å². The highest BCUT2D eigenvalue weighted by atomic mass is 79.9. The zero-order chi connectivity index (χ0) is 14.3. The number of hydrogen-bond acceptors (Lipinski definition) is 4. The fraction of sp³-hybridized carbons (Fsp3) is 0.462. The van der Waals surface area contributed by atoms with Crippen molar-refractivity contribution in [3.8, 4) is 11.5 Å². The molecule has 1 N–H and O–H groups in total. The summed E-state index contributed by atoms with van der Waals surface area (Å²) < 4.78 is 16.3. The van der Waals surface area contributed by atoms with Gasteiger partial charge in [0.25, 0.3) is 0 Å². The highest BCUT2D eigenvalue weighted by molar-refractivity contribution is 9.10. The van der Waals surface area contributed by atoms with Gasteiger partial charge in [-0.15, -0.1) is 0 Å². The van der Waals surface area contributed by atoms with Crippen LogP contribution in [0.5, 0.6) is 11.5 Å². The molecule has 6 heteroatoms. The molecule has 19 heavy (non-hydrogen) atoms. The van der Waals surface area contributed by atoms with E-state index in [1.54, 1.807) is 13.2 Å². The highest BCUT2D eigenvalue weighted by Gasteiger charge is 2.09. The topological polar surface area (TPSA) is 56.8 Å². The van der Waals surface area contributed by atoms with Crippen molar-refractivity contribution in [3.05, 3.63) is 22.7 Å². The van der Waals surface area contributed by atoms with Crippen LogP contribution in [0.1, 0.15) is 6.92 Å². The number of carbonyl (C=O) groups excluding carboxylic acids is 1. The number of rotatable bonds is 7. The molecule has 0 saturated carbocycles. The van der Waals surface area contributed by atoms with E-state index in [-0.39, 0.29) is 18.6 Å². The van der Waals surface area contributed by atoms with Crippen molar-refractivity contribution >= 4 is 21.8 Å². The van der Waals surface area contributed by atoms with Crippen LogP contribution in [-0.4, -0.2) is 39.4 Å². The predicted molar refractivity (Wildman–Crippen MR) is 75.7 cm³/mol. The predicted octanol–water partition coefficient (Wildman–Crippen LogP) is 1.99. The minimum Gasteiger partial charge on any atom is -0.497 e. The van der Waals surface area contributed by atoms with Gasteiger partial charge >= 0.3 is 0 Å². The maximum absolute atomic E-state index is 11.3. The van der Waals surface area contributed by atoms with Crippen LogP contribution >= 0.6 is 15.9 Å². The Hall–Kier alpha value is -1.27. The second-order valence-corrected chi connectivity index (χ2v) is 4.86. The van der Waals surface area contributed by atoms with E-state index in [1.807, 2.05) is 19.1 Å². The second kappa shape index (κ2) is 8.01. The van der Waals surface area contributed by atoms with Crippen LogP contribution in [0.25, 0.3) is 0 Å². The SMILES string of the molecule is COCC(=O)NC(C)COc1cc(OC)ccc1Br. The van der Waals surface area contributed by atoms with E-state index in [2.05, 4.69) is 21.2 Å². The van der Waals surface area contributed by atoms with Gasteiger partial charge < -0.3 is 19.5 Å². The molecule has 0 aromatic heterocycles. The van der Waals surface area contributed by atoms with Crippen LogP contribution in [0.15, 0.2) is 22.7 Å². The van der Waals surface area contributed by atoms with E-state index in [0.717, 1.165) is 4.47 Å². The van der Waals surface area contributed by atoms with E-state index in [4.69, 9.17) is 14.2 Å². The van der Waals surface area contributed by atoms with Crippen LogP contribution in [-0.2, 0) is 9.53 Å². The molecule has 1 aromatic rings. The maximum atomic E-state index is 11.3. The standard InChI is InChI=1S/C13H18BrNO4/c1-9(15-13(16)8-17-2)7-19-12-6-10(18-3)4-5-11(12)14/h4-6,9H,7-8H2,1-3H3,(H,15,16). The summed E-state index contributed by atoms with van der Waals surface area (Å²) in [6.07, 6.45) is 0. The third-order valence-electron chi connectivity index (χ3n) is 2.31. The van der Waals surface area contributed by atoms with Gasteiger partial charge in [0, 0.05) is 13.2 Å². The second-order valence-electron chi connectivity index (χ2n) is 4.01. The van der Waals surface area contributed by atoms with E-state index < -0.39 is 0 Å². The van der Waals surface area contributed by atoms with E-state index >= 15 is 0 Å². The fourth-order valence-electron chi connectivity index (χ4n) is 1.43. The molecule has 0 aliphatic heterocycles. The maximum Gasteiger partial charge on any atom is 0.246 e. The summed E-state index contributed by atoms with van der Waals surface area (Å²) in [4.78, 5) is 11.3. The number of methoxy groups -OCH3 is 2. The third-order valence-corrected chi connectivity index (χ3v) is 2.97. The number of benzene rings is 1. The molecule has 1 unspecified atom stereocenters. The molecule has 0 aliphatic rings. The summed E-state index contributed by atoms with van der Waals surface area (Å²) in [6.45, 7) is 2.27. The molecule has 5 nitrogen and oxygen atoms in total. The van der Waals surface area contributed by atoms with Crippen molar-refractivity contribution in [1.82, 2.24) is 5.32 Å². The molecule has 0 spiro atoms. The Bertz CT molecular complexity index is 425. The summed E-state index contributed by atoms with van der Waals surface area (Å²) in [5.74, 6) is 1.23. The lowest BCUT2D eigenvalue weighted by atomic mass is 10.3. The molecule has 0 heterocycles. The Morgan fingerprint density at radius 2 is 2.16 bits per heavy atom. The largest absolute Gasteiger partial charge is 0.497 e. The number of hydrogen-bond donors (Lipinski definition) is 1. The minimum atomic E-state index is -0.164. The minimum absolute atomic E-state index is 0.0488. The van der Waals surface area contributed by atoms with Crippen molar-refractivity contribution < 1.29 is 19.0 Å². The molecule has 0 bridgehead atoms. The summed E-state index contributed by atoms with van der Waals surface area (Å²) in [7, 11) is 3.08. The van der Waals surface area contributed by atoms with Gasteiger partial charge in [0.15, 0.2) is 0 Å². The smallest absolute Gasteiger partial charge is 0.246 e. The monoisotopic (exact) mass is 331 g/mol. The Morgan fingerprint density at radius 3 is 2.79 bits per heavy atom. The van der Waals surface area contributed by atoms with Crippen LogP contribution in [0, 0.1) is 0 Å². The average molecular weight is 332 g/mol. The molecule has 1 aromatic carbocycles. The van der Waals surface area contributed by atoms with Gasteiger partial charge in [-0.05, 0) is 35.0 Å². The Morgan fingerprint density at radius 1 is 1.42 bits per heavy atom. The van der Waals surface area contributed by atoms with Gasteiger partial charge in [0.2, 0.25) is 5.91 Å². The number of nitrogens with one attached hydrogen (secondary N) is 1. The van der Waals surface area contributed by atoms with Crippen molar-refractivity contribution in [1.29, 1.82) is 0 Å². The Kier molecular flexibility index (Phi) is 6.66. The first kappa shape index (κ1) is 15.8. The Labute approximate surface area is 121 Å². The van der Waals surface area contributed by atoms with E-state index in [9.17, 15) is 4.79 Å². The molecular formula is C13H18BrNO4.